The van der Waals surface area contributed by atoms with Gasteiger partial charge < -0.3 is 15.2 Å². The van der Waals surface area contributed by atoms with Crippen LogP contribution in [0.15, 0.2) is 36.4 Å². The Morgan fingerprint density at radius 3 is 2.42 bits per heavy atom. The van der Waals surface area contributed by atoms with E-state index in [1.165, 1.54) is 23.3 Å². The molecule has 0 saturated carbocycles. The number of rotatable bonds is 6. The molecule has 0 fully saturated rings. The summed E-state index contributed by atoms with van der Waals surface area (Å²) in [5, 5.41) is 0. The van der Waals surface area contributed by atoms with Gasteiger partial charge in [0.25, 0.3) is 0 Å². The fourth-order valence-electron chi connectivity index (χ4n) is 3.75. The number of benzene rings is 2. The Morgan fingerprint density at radius 1 is 1.15 bits per heavy atom. The zero-order chi connectivity index (χ0) is 18.7. The Labute approximate surface area is 154 Å². The Hall–Kier alpha value is -2.11. The number of nitrogens with two attached hydrogens (primary N) is 1. The predicted molar refractivity (Wildman–Crippen MR) is 101 cm³/mol. The first-order valence-electron chi connectivity index (χ1n) is 9.06. The Kier molecular flexibility index (Phi) is 5.79. The maximum Gasteiger partial charge on any atom is 0.161 e. The standard InChI is InChI=1S/C21H27FN2O2/c1-4-18(23)21-17-12-20(26-3)19(25-2)11-15(17)9-10-24(21)13-14-5-7-16(22)8-6-14/h5-8,11-12,18,21H,4,9-10,13,23H2,1-3H3/t18-,21-/m1/s1. The summed E-state index contributed by atoms with van der Waals surface area (Å²) >= 11 is 0. The molecule has 0 unspecified atom stereocenters. The van der Waals surface area contributed by atoms with Crippen LogP contribution in [0.1, 0.15) is 36.1 Å². The van der Waals surface area contributed by atoms with E-state index in [-0.39, 0.29) is 17.9 Å². The lowest BCUT2D eigenvalue weighted by atomic mass is 9.86. The molecule has 1 heterocycles. The third-order valence-corrected chi connectivity index (χ3v) is 5.20. The van der Waals surface area contributed by atoms with Crippen LogP contribution in [0.2, 0.25) is 0 Å². The van der Waals surface area contributed by atoms with Crippen LogP contribution in [0.4, 0.5) is 4.39 Å². The van der Waals surface area contributed by atoms with Gasteiger partial charge in [-0.1, -0.05) is 19.1 Å². The van der Waals surface area contributed by atoms with Crippen LogP contribution in [-0.2, 0) is 13.0 Å². The summed E-state index contributed by atoms with van der Waals surface area (Å²) in [7, 11) is 3.31. The van der Waals surface area contributed by atoms with Gasteiger partial charge in [0, 0.05) is 19.1 Å². The van der Waals surface area contributed by atoms with E-state index in [0.29, 0.717) is 0 Å². The SMILES string of the molecule is CC[C@@H](N)[C@H]1c2cc(OC)c(OC)cc2CCN1Cc1ccc(F)cc1. The first-order valence-corrected chi connectivity index (χ1v) is 9.06. The highest BCUT2D eigenvalue weighted by atomic mass is 19.1. The van der Waals surface area contributed by atoms with Crippen molar-refractivity contribution in [3.05, 3.63) is 58.9 Å². The van der Waals surface area contributed by atoms with E-state index >= 15 is 0 Å². The van der Waals surface area contributed by atoms with Crippen molar-refractivity contribution in [2.24, 2.45) is 5.73 Å². The molecule has 0 bridgehead atoms. The molecule has 0 radical (unpaired) electrons. The van der Waals surface area contributed by atoms with Crippen molar-refractivity contribution < 1.29 is 13.9 Å². The Morgan fingerprint density at radius 2 is 1.81 bits per heavy atom. The van der Waals surface area contributed by atoms with Gasteiger partial charge in [-0.05, 0) is 53.8 Å². The van der Waals surface area contributed by atoms with Gasteiger partial charge >= 0.3 is 0 Å². The van der Waals surface area contributed by atoms with Gasteiger partial charge in [0.15, 0.2) is 11.5 Å². The van der Waals surface area contributed by atoms with Gasteiger partial charge in [-0.3, -0.25) is 4.90 Å². The van der Waals surface area contributed by atoms with Gasteiger partial charge in [0.1, 0.15) is 5.82 Å². The number of hydrogen-bond acceptors (Lipinski definition) is 4. The second-order valence-corrected chi connectivity index (χ2v) is 6.77. The van der Waals surface area contributed by atoms with E-state index in [4.69, 9.17) is 15.2 Å². The smallest absolute Gasteiger partial charge is 0.161 e. The van der Waals surface area contributed by atoms with Crippen LogP contribution in [0.3, 0.4) is 0 Å². The topological polar surface area (TPSA) is 47.7 Å². The van der Waals surface area contributed by atoms with E-state index in [1.54, 1.807) is 14.2 Å². The molecule has 0 aromatic heterocycles. The van der Waals surface area contributed by atoms with Crippen molar-refractivity contribution in [3.8, 4) is 11.5 Å². The number of hydrogen-bond donors (Lipinski definition) is 1. The zero-order valence-corrected chi connectivity index (χ0v) is 15.7. The molecule has 4 nitrogen and oxygen atoms in total. The molecule has 1 aliphatic rings. The highest BCUT2D eigenvalue weighted by Gasteiger charge is 2.32. The maximum absolute atomic E-state index is 13.2. The van der Waals surface area contributed by atoms with E-state index in [1.807, 2.05) is 12.1 Å². The summed E-state index contributed by atoms with van der Waals surface area (Å²) in [6, 6.07) is 10.9. The van der Waals surface area contributed by atoms with Crippen LogP contribution in [-0.4, -0.2) is 31.7 Å². The summed E-state index contributed by atoms with van der Waals surface area (Å²) in [6.07, 6.45) is 1.79. The summed E-state index contributed by atoms with van der Waals surface area (Å²) in [6.45, 7) is 3.75. The number of methoxy groups -OCH3 is 2. The average Bonchev–Trinajstić information content (AvgIpc) is 2.67. The summed E-state index contributed by atoms with van der Waals surface area (Å²) in [5.41, 5.74) is 10.1. The molecule has 0 spiro atoms. The summed E-state index contributed by atoms with van der Waals surface area (Å²) in [5.74, 6) is 1.27. The normalized spacial score (nSPS) is 18.3. The fraction of sp³-hybridized carbons (Fsp3) is 0.429. The van der Waals surface area contributed by atoms with Crippen molar-refractivity contribution in [2.45, 2.75) is 38.4 Å². The fourth-order valence-corrected chi connectivity index (χ4v) is 3.75. The molecule has 0 saturated heterocycles. The lowest BCUT2D eigenvalue weighted by Gasteiger charge is -2.40. The molecule has 2 atom stereocenters. The molecule has 1 aliphatic heterocycles. The van der Waals surface area contributed by atoms with Crippen molar-refractivity contribution in [2.75, 3.05) is 20.8 Å². The lowest BCUT2D eigenvalue weighted by molar-refractivity contribution is 0.148. The largest absolute Gasteiger partial charge is 0.493 e. The van der Waals surface area contributed by atoms with Gasteiger partial charge in [-0.2, -0.15) is 0 Å². The van der Waals surface area contributed by atoms with Crippen molar-refractivity contribution >= 4 is 0 Å². The number of halogens is 1. The Bertz CT molecular complexity index is 748. The number of ether oxygens (including phenoxy) is 2. The average molecular weight is 358 g/mol. The first kappa shape index (κ1) is 18.7. The number of nitrogens with zero attached hydrogens (tertiary/aromatic N) is 1. The van der Waals surface area contributed by atoms with Crippen molar-refractivity contribution in [1.29, 1.82) is 0 Å². The first-order chi connectivity index (χ1) is 12.6. The molecule has 2 N–H and O–H groups in total. The van der Waals surface area contributed by atoms with E-state index < -0.39 is 0 Å². The minimum atomic E-state index is -0.212. The lowest BCUT2D eigenvalue weighted by Crippen LogP contribution is -2.44. The quantitative estimate of drug-likeness (QED) is 0.856. The molecule has 0 aliphatic carbocycles. The van der Waals surface area contributed by atoms with Gasteiger partial charge in [0.2, 0.25) is 0 Å². The maximum atomic E-state index is 13.2. The minimum Gasteiger partial charge on any atom is -0.493 e. The molecule has 5 heteroatoms. The highest BCUT2D eigenvalue weighted by Crippen LogP contribution is 2.40. The molecule has 0 amide bonds. The van der Waals surface area contributed by atoms with Gasteiger partial charge in [-0.25, -0.2) is 4.39 Å². The summed E-state index contributed by atoms with van der Waals surface area (Å²) in [4.78, 5) is 2.38. The molecule has 2 aromatic carbocycles. The van der Waals surface area contributed by atoms with E-state index in [0.717, 1.165) is 43.0 Å². The van der Waals surface area contributed by atoms with Gasteiger partial charge in [-0.15, -0.1) is 0 Å². The molecular weight excluding hydrogens is 331 g/mol. The summed E-state index contributed by atoms with van der Waals surface area (Å²) < 4.78 is 24.2. The molecule has 140 valence electrons. The minimum absolute atomic E-state index is 0.00704. The van der Waals surface area contributed by atoms with Crippen LogP contribution in [0, 0.1) is 5.82 Å². The molecule has 26 heavy (non-hydrogen) atoms. The Balaban J connectivity index is 1.96. The highest BCUT2D eigenvalue weighted by molar-refractivity contribution is 5.50. The van der Waals surface area contributed by atoms with Crippen molar-refractivity contribution in [3.63, 3.8) is 0 Å². The van der Waals surface area contributed by atoms with Crippen LogP contribution >= 0.6 is 0 Å². The van der Waals surface area contributed by atoms with Crippen molar-refractivity contribution in [1.82, 2.24) is 4.90 Å². The monoisotopic (exact) mass is 358 g/mol. The van der Waals surface area contributed by atoms with Gasteiger partial charge in [0.05, 0.1) is 20.3 Å². The van der Waals surface area contributed by atoms with Crippen LogP contribution < -0.4 is 15.2 Å². The number of fused-ring (bicyclic) bond motifs is 1. The zero-order valence-electron chi connectivity index (χ0n) is 15.7. The second kappa shape index (κ2) is 8.06. The third-order valence-electron chi connectivity index (χ3n) is 5.20. The predicted octanol–water partition coefficient (Wildman–Crippen LogP) is 3.68. The molecular formula is C21H27FN2O2. The molecule has 2 aromatic rings. The third kappa shape index (κ3) is 3.69. The van der Waals surface area contributed by atoms with Crippen LogP contribution in [0.5, 0.6) is 11.5 Å². The van der Waals surface area contributed by atoms with Crippen LogP contribution in [0.25, 0.3) is 0 Å². The second-order valence-electron chi connectivity index (χ2n) is 6.77. The molecule has 3 rings (SSSR count). The van der Waals surface area contributed by atoms with E-state index in [2.05, 4.69) is 24.0 Å². The van der Waals surface area contributed by atoms with E-state index in [9.17, 15) is 4.39 Å².